The first kappa shape index (κ1) is 14.3. The molecule has 0 atom stereocenters. The van der Waals surface area contributed by atoms with E-state index in [0.29, 0.717) is 18.2 Å². The second kappa shape index (κ2) is 4.75. The Morgan fingerprint density at radius 2 is 1.47 bits per heavy atom. The minimum absolute atomic E-state index is 0.368. The van der Waals surface area contributed by atoms with Gasteiger partial charge in [-0.1, -0.05) is 0 Å². The van der Waals surface area contributed by atoms with Crippen molar-refractivity contribution < 1.29 is 26.0 Å². The summed E-state index contributed by atoms with van der Waals surface area (Å²) in [6.45, 7) is -0.735. The Bertz CT molecular complexity index is 558. The van der Waals surface area contributed by atoms with E-state index in [9.17, 15) is 26.0 Å². The Kier molecular flexibility index (Phi) is 3.57. The van der Waals surface area contributed by atoms with Gasteiger partial charge >= 0.3 is 0 Å². The van der Waals surface area contributed by atoms with Crippen molar-refractivity contribution >= 4 is 10.0 Å². The molecule has 1 aromatic rings. The molecule has 1 heterocycles. The fraction of sp³-hybridized carbons (Fsp3) is 0.455. The highest BCUT2D eigenvalue weighted by Gasteiger charge is 2.38. The number of hydrogen-bond donors (Lipinski definition) is 0. The van der Waals surface area contributed by atoms with Crippen LogP contribution in [0.2, 0.25) is 0 Å². The third kappa shape index (κ3) is 3.06. The first-order valence-electron chi connectivity index (χ1n) is 5.55. The fourth-order valence-corrected chi connectivity index (χ4v) is 3.36. The van der Waals surface area contributed by atoms with Crippen LogP contribution < -0.4 is 0 Å². The molecule has 106 valence electrons. The van der Waals surface area contributed by atoms with Gasteiger partial charge in [0.2, 0.25) is 10.0 Å². The number of nitrogens with zero attached hydrogens (tertiary/aromatic N) is 1. The van der Waals surface area contributed by atoms with Crippen molar-refractivity contribution in [3.05, 3.63) is 29.8 Å². The highest BCUT2D eigenvalue weighted by Crippen LogP contribution is 2.30. The van der Waals surface area contributed by atoms with Gasteiger partial charge in [0, 0.05) is 32.0 Å². The zero-order chi connectivity index (χ0) is 14.3. The minimum Gasteiger partial charge on any atom is -0.207 e. The van der Waals surface area contributed by atoms with Crippen LogP contribution in [0.15, 0.2) is 23.1 Å². The highest BCUT2D eigenvalue weighted by atomic mass is 32.2. The van der Waals surface area contributed by atoms with E-state index >= 15 is 0 Å². The van der Waals surface area contributed by atoms with Gasteiger partial charge in [0.15, 0.2) is 0 Å². The molecule has 0 aromatic heterocycles. The Morgan fingerprint density at radius 3 is 1.95 bits per heavy atom. The molecule has 0 spiro atoms. The SMILES string of the molecule is O=S(=O)(c1cc(F)cc(F)c1)N1CCC(F)(F)CC1. The molecule has 0 N–H and O–H groups in total. The summed E-state index contributed by atoms with van der Waals surface area (Å²) in [4.78, 5) is -0.560. The van der Waals surface area contributed by atoms with Gasteiger partial charge in [0.05, 0.1) is 4.90 Å². The van der Waals surface area contributed by atoms with Crippen LogP contribution in [0, 0.1) is 11.6 Å². The lowest BCUT2D eigenvalue weighted by Gasteiger charge is -2.30. The van der Waals surface area contributed by atoms with Gasteiger partial charge in [0.1, 0.15) is 11.6 Å². The summed E-state index contributed by atoms with van der Waals surface area (Å²) in [7, 11) is -4.14. The Labute approximate surface area is 107 Å². The second-order valence-electron chi connectivity index (χ2n) is 4.37. The van der Waals surface area contributed by atoms with Crippen molar-refractivity contribution in [2.24, 2.45) is 0 Å². The normalized spacial score (nSPS) is 20.4. The monoisotopic (exact) mass is 297 g/mol. The van der Waals surface area contributed by atoms with Crippen LogP contribution in [-0.4, -0.2) is 31.7 Å². The maximum Gasteiger partial charge on any atom is 0.250 e. The smallest absolute Gasteiger partial charge is 0.207 e. The van der Waals surface area contributed by atoms with Crippen LogP contribution >= 0.6 is 0 Å². The lowest BCUT2D eigenvalue weighted by molar-refractivity contribution is -0.0412. The van der Waals surface area contributed by atoms with E-state index in [1.165, 1.54) is 0 Å². The summed E-state index contributed by atoms with van der Waals surface area (Å²) >= 11 is 0. The molecule has 0 saturated carbocycles. The van der Waals surface area contributed by atoms with Gasteiger partial charge < -0.3 is 0 Å². The van der Waals surface area contributed by atoms with Crippen molar-refractivity contribution in [2.75, 3.05) is 13.1 Å². The molecule has 0 unspecified atom stereocenters. The summed E-state index contributed by atoms with van der Waals surface area (Å²) in [6.07, 6.45) is -1.19. The Balaban J connectivity index is 2.28. The summed E-state index contributed by atoms with van der Waals surface area (Å²) in [5.41, 5.74) is 0. The molecule has 19 heavy (non-hydrogen) atoms. The van der Waals surface area contributed by atoms with Gasteiger partial charge in [0.25, 0.3) is 5.92 Å². The number of hydrogen-bond acceptors (Lipinski definition) is 2. The van der Waals surface area contributed by atoms with Gasteiger partial charge in [-0.15, -0.1) is 0 Å². The van der Waals surface area contributed by atoms with Crippen LogP contribution in [0.5, 0.6) is 0 Å². The van der Waals surface area contributed by atoms with E-state index in [1.807, 2.05) is 0 Å². The zero-order valence-corrected chi connectivity index (χ0v) is 10.6. The van der Waals surface area contributed by atoms with E-state index in [4.69, 9.17) is 0 Å². The second-order valence-corrected chi connectivity index (χ2v) is 6.30. The van der Waals surface area contributed by atoms with E-state index < -0.39 is 45.3 Å². The predicted octanol–water partition coefficient (Wildman–Crippen LogP) is 2.38. The number of halogens is 4. The van der Waals surface area contributed by atoms with Gasteiger partial charge in [-0.2, -0.15) is 4.31 Å². The molecule has 0 bridgehead atoms. The maximum absolute atomic E-state index is 13.0. The summed E-state index contributed by atoms with van der Waals surface area (Å²) in [6, 6.07) is 1.89. The molecule has 1 aromatic carbocycles. The number of piperidine rings is 1. The molecule has 0 amide bonds. The molecular weight excluding hydrogens is 286 g/mol. The molecule has 0 aliphatic carbocycles. The summed E-state index contributed by atoms with van der Waals surface area (Å²) in [5.74, 6) is -4.94. The standard InChI is InChI=1S/C11H11F4NO2S/c12-8-5-9(13)7-10(6-8)19(17,18)16-3-1-11(14,15)2-4-16/h5-7H,1-4H2. The van der Waals surface area contributed by atoms with Crippen LogP contribution in [0.4, 0.5) is 17.6 Å². The number of rotatable bonds is 2. The lowest BCUT2D eigenvalue weighted by atomic mass is 10.1. The van der Waals surface area contributed by atoms with Crippen LogP contribution in [0.1, 0.15) is 12.8 Å². The topological polar surface area (TPSA) is 37.4 Å². The van der Waals surface area contributed by atoms with Crippen molar-refractivity contribution in [3.8, 4) is 0 Å². The van der Waals surface area contributed by atoms with Gasteiger partial charge in [-0.3, -0.25) is 0 Å². The average Bonchev–Trinajstić information content (AvgIpc) is 2.27. The Hall–Kier alpha value is -1.15. The fourth-order valence-electron chi connectivity index (χ4n) is 1.88. The number of sulfonamides is 1. The minimum atomic E-state index is -4.14. The molecule has 1 aliphatic rings. The molecule has 8 heteroatoms. The van der Waals surface area contributed by atoms with E-state index in [-0.39, 0.29) is 13.1 Å². The lowest BCUT2D eigenvalue weighted by Crippen LogP contribution is -2.42. The van der Waals surface area contributed by atoms with Gasteiger partial charge in [-0.05, 0) is 12.1 Å². The van der Waals surface area contributed by atoms with Crippen molar-refractivity contribution in [3.63, 3.8) is 0 Å². The van der Waals surface area contributed by atoms with E-state index in [1.54, 1.807) is 0 Å². The number of benzene rings is 1. The molecule has 2 rings (SSSR count). The first-order chi connectivity index (χ1) is 8.71. The highest BCUT2D eigenvalue weighted by molar-refractivity contribution is 7.89. The van der Waals surface area contributed by atoms with Crippen LogP contribution in [0.3, 0.4) is 0 Å². The molecule has 0 radical (unpaired) electrons. The van der Waals surface area contributed by atoms with E-state index in [0.717, 1.165) is 4.31 Å². The van der Waals surface area contributed by atoms with Crippen molar-refractivity contribution in [1.82, 2.24) is 4.31 Å². The maximum atomic E-state index is 13.0. The molecule has 1 saturated heterocycles. The van der Waals surface area contributed by atoms with Gasteiger partial charge in [-0.25, -0.2) is 26.0 Å². The molecule has 1 fully saturated rings. The summed E-state index contributed by atoms with van der Waals surface area (Å²) < 4.78 is 76.8. The molecular formula is C11H11F4NO2S. The Morgan fingerprint density at radius 1 is 1.00 bits per heavy atom. The van der Waals surface area contributed by atoms with E-state index in [2.05, 4.69) is 0 Å². The first-order valence-corrected chi connectivity index (χ1v) is 6.99. The predicted molar refractivity (Wildman–Crippen MR) is 59.3 cm³/mol. The van der Waals surface area contributed by atoms with Crippen LogP contribution in [0.25, 0.3) is 0 Å². The number of alkyl halides is 2. The van der Waals surface area contributed by atoms with Crippen molar-refractivity contribution in [2.45, 2.75) is 23.7 Å². The zero-order valence-electron chi connectivity index (χ0n) is 9.74. The third-order valence-corrected chi connectivity index (χ3v) is 4.80. The third-order valence-electron chi connectivity index (χ3n) is 2.93. The average molecular weight is 297 g/mol. The summed E-state index contributed by atoms with van der Waals surface area (Å²) in [5, 5.41) is 0. The van der Waals surface area contributed by atoms with Crippen LogP contribution in [-0.2, 0) is 10.0 Å². The van der Waals surface area contributed by atoms with Crippen molar-refractivity contribution in [1.29, 1.82) is 0 Å². The molecule has 1 aliphatic heterocycles. The largest absolute Gasteiger partial charge is 0.250 e. The quantitative estimate of drug-likeness (QED) is 0.786. The molecule has 3 nitrogen and oxygen atoms in total.